The number of cyclic esters (lactones) is 2. The van der Waals surface area contributed by atoms with Gasteiger partial charge in [0.2, 0.25) is 12.6 Å². The van der Waals surface area contributed by atoms with Crippen LogP contribution in [0.1, 0.15) is 45.6 Å². The third kappa shape index (κ3) is 3.39. The maximum Gasteiger partial charge on any atom is 0.327 e. The molecule has 4 fully saturated rings. The molecule has 1 aromatic carbocycles. The summed E-state index contributed by atoms with van der Waals surface area (Å²) in [5, 5.41) is 10.4. The highest BCUT2D eigenvalue weighted by Gasteiger charge is 2.96. The van der Waals surface area contributed by atoms with E-state index in [0.717, 1.165) is 24.8 Å². The summed E-state index contributed by atoms with van der Waals surface area (Å²) >= 11 is 3.44. The Morgan fingerprint density at radius 1 is 1.15 bits per heavy atom. The number of carbonyl (C=O) groups is 2. The third-order valence-corrected chi connectivity index (χ3v) is 9.52. The number of hydrogen-bond donors (Lipinski definition) is 1. The number of hydrogen-bond acceptors (Lipinski definition) is 7. The van der Waals surface area contributed by atoms with Gasteiger partial charge in [-0.15, -0.1) is 0 Å². The highest BCUT2D eigenvalue weighted by Crippen LogP contribution is 2.77. The van der Waals surface area contributed by atoms with Crippen LogP contribution < -0.4 is 0 Å². The van der Waals surface area contributed by atoms with Gasteiger partial charge in [0.1, 0.15) is 11.5 Å². The molecular weight excluding hydrogens is 492 g/mol. The van der Waals surface area contributed by atoms with Crippen LogP contribution in [0.4, 0.5) is 0 Å². The van der Waals surface area contributed by atoms with E-state index in [2.05, 4.69) is 36.7 Å². The number of benzene rings is 1. The lowest BCUT2D eigenvalue weighted by molar-refractivity contribution is -0.216. The van der Waals surface area contributed by atoms with E-state index < -0.39 is 46.3 Å². The van der Waals surface area contributed by atoms with Crippen LogP contribution in [-0.4, -0.2) is 46.2 Å². The summed E-state index contributed by atoms with van der Waals surface area (Å²) < 4.78 is 22.2. The van der Waals surface area contributed by atoms with E-state index >= 15 is 0 Å². The van der Waals surface area contributed by atoms with Crippen LogP contribution in [0, 0.1) is 29.1 Å². The van der Waals surface area contributed by atoms with Crippen LogP contribution >= 0.6 is 15.9 Å². The molecule has 33 heavy (non-hydrogen) atoms. The van der Waals surface area contributed by atoms with Crippen LogP contribution in [0.5, 0.6) is 0 Å². The highest BCUT2D eigenvalue weighted by atomic mass is 79.9. The predicted octanol–water partition coefficient (Wildman–Crippen LogP) is 3.56. The summed E-state index contributed by atoms with van der Waals surface area (Å²) in [5.74, 6) is -0.759. The Hall–Kier alpha value is -1.48. The topological polar surface area (TPSA) is 91.3 Å². The van der Waals surface area contributed by atoms with E-state index in [9.17, 15) is 14.7 Å². The number of carbonyl (C=O) groups excluding carboxylic acids is 2. The van der Waals surface area contributed by atoms with Gasteiger partial charge in [-0.05, 0) is 36.2 Å². The summed E-state index contributed by atoms with van der Waals surface area (Å²) in [6.07, 6.45) is -0.213. The second-order valence-corrected chi connectivity index (χ2v) is 11.6. The van der Waals surface area contributed by atoms with Gasteiger partial charge in [-0.1, -0.05) is 73.5 Å². The zero-order chi connectivity index (χ0) is 23.5. The summed E-state index contributed by atoms with van der Waals surface area (Å²) in [4.78, 5) is 25.9. The van der Waals surface area contributed by atoms with Crippen LogP contribution in [-0.2, 0) is 35.1 Å². The van der Waals surface area contributed by atoms with Crippen molar-refractivity contribution in [1.82, 2.24) is 0 Å². The Bertz CT molecular complexity index is 923. The van der Waals surface area contributed by atoms with Gasteiger partial charge in [0.15, 0.2) is 4.32 Å². The molecule has 7 nitrogen and oxygen atoms in total. The lowest BCUT2D eigenvalue weighted by atomic mass is 9.75. The molecule has 2 saturated carbocycles. The van der Waals surface area contributed by atoms with Crippen molar-refractivity contribution in [2.24, 2.45) is 29.1 Å². The molecule has 0 aromatic heterocycles. The predicted molar refractivity (Wildman–Crippen MR) is 121 cm³/mol. The van der Waals surface area contributed by atoms with Gasteiger partial charge in [0, 0.05) is 0 Å². The summed E-state index contributed by atoms with van der Waals surface area (Å²) in [7, 11) is 0. The first-order chi connectivity index (χ1) is 15.7. The molecule has 180 valence electrons. The molecule has 2 heterocycles. The molecule has 1 spiro atoms. The van der Waals surface area contributed by atoms with Crippen LogP contribution in [0.3, 0.4) is 0 Å². The van der Waals surface area contributed by atoms with Crippen molar-refractivity contribution in [3.05, 3.63) is 35.9 Å². The zero-order valence-corrected chi connectivity index (χ0v) is 20.7. The van der Waals surface area contributed by atoms with Gasteiger partial charge in [-0.25, -0.2) is 0 Å². The Morgan fingerprint density at radius 2 is 1.88 bits per heavy atom. The minimum absolute atomic E-state index is 0.0775. The Balaban J connectivity index is 1.44. The monoisotopic (exact) mass is 522 g/mol. The Labute approximate surface area is 202 Å². The molecule has 8 heteroatoms. The Kier molecular flexibility index (Phi) is 5.87. The SMILES string of the molecule is CC(C)[C@@H]1CC[C@@H](C)C[C@H]1O[C@@H]1OC(=O)[C@@]2([C@H]3[C@H](O)OC(=O)[C@]32Br)[C@H]1OCc1ccccc1. The highest BCUT2D eigenvalue weighted by molar-refractivity contribution is 9.10. The lowest BCUT2D eigenvalue weighted by Crippen LogP contribution is -2.45. The van der Waals surface area contributed by atoms with Crippen molar-refractivity contribution in [3.8, 4) is 0 Å². The zero-order valence-electron chi connectivity index (χ0n) is 19.1. The fourth-order valence-corrected chi connectivity index (χ4v) is 7.44. The molecule has 2 aliphatic heterocycles. The average Bonchev–Trinajstić information content (AvgIpc) is 3.14. The average molecular weight is 523 g/mol. The van der Waals surface area contributed by atoms with Gasteiger partial charge in [-0.2, -0.15) is 0 Å². The van der Waals surface area contributed by atoms with Crippen molar-refractivity contribution in [3.63, 3.8) is 0 Å². The van der Waals surface area contributed by atoms with Crippen molar-refractivity contribution < 1.29 is 33.6 Å². The number of ether oxygens (including phenoxy) is 4. The first-order valence-electron chi connectivity index (χ1n) is 11.8. The van der Waals surface area contributed by atoms with E-state index in [4.69, 9.17) is 18.9 Å². The van der Waals surface area contributed by atoms with Gasteiger partial charge < -0.3 is 24.1 Å². The number of halogens is 1. The summed E-state index contributed by atoms with van der Waals surface area (Å²) in [6, 6.07) is 9.60. The maximum absolute atomic E-state index is 13.3. The van der Waals surface area contributed by atoms with Gasteiger partial charge in [0.05, 0.1) is 18.6 Å². The van der Waals surface area contributed by atoms with Crippen molar-refractivity contribution in [2.75, 3.05) is 0 Å². The molecule has 4 aliphatic rings. The van der Waals surface area contributed by atoms with Crippen molar-refractivity contribution >= 4 is 27.9 Å². The minimum Gasteiger partial charge on any atom is -0.434 e. The molecule has 0 radical (unpaired) electrons. The fraction of sp³-hybridized carbons (Fsp3) is 0.680. The standard InChI is InChI=1S/C25H31BrO7/c1-13(2)16-10-9-14(3)11-17(16)31-21-19(30-12-15-7-5-4-6-8-15)24(22(28)33-21)18-20(27)32-23(29)25(18,24)26/h4-8,13-14,16-21,27H,9-12H2,1-3H3/t14-,16+,17-,18-,19+,20-,21-,24-,25-/m1/s1. The van der Waals surface area contributed by atoms with Crippen molar-refractivity contribution in [1.29, 1.82) is 0 Å². The fourth-order valence-electron chi connectivity index (χ4n) is 6.24. The first-order valence-corrected chi connectivity index (χ1v) is 12.6. The molecule has 2 aliphatic carbocycles. The number of fused-ring (bicyclic) bond motifs is 3. The lowest BCUT2D eigenvalue weighted by Gasteiger charge is -2.39. The number of aliphatic hydroxyl groups excluding tert-OH is 1. The van der Waals surface area contributed by atoms with E-state index in [1.54, 1.807) is 0 Å². The Morgan fingerprint density at radius 3 is 2.52 bits per heavy atom. The minimum atomic E-state index is -1.40. The van der Waals surface area contributed by atoms with Crippen LogP contribution in [0.25, 0.3) is 0 Å². The van der Waals surface area contributed by atoms with Gasteiger partial charge in [-0.3, -0.25) is 9.59 Å². The first kappa shape index (κ1) is 23.3. The number of alkyl halides is 1. The normalized spacial score (nSPS) is 44.1. The molecule has 1 aromatic rings. The maximum atomic E-state index is 13.3. The molecular formula is C25H31BrO7. The molecule has 0 unspecified atom stereocenters. The van der Waals surface area contributed by atoms with E-state index in [1.165, 1.54) is 0 Å². The second-order valence-electron chi connectivity index (χ2n) is 10.3. The number of esters is 2. The summed E-state index contributed by atoms with van der Waals surface area (Å²) in [6.45, 7) is 6.81. The largest absolute Gasteiger partial charge is 0.434 e. The van der Waals surface area contributed by atoms with Gasteiger partial charge >= 0.3 is 11.9 Å². The number of rotatable bonds is 6. The molecule has 0 bridgehead atoms. The van der Waals surface area contributed by atoms with E-state index in [-0.39, 0.29) is 12.7 Å². The molecule has 2 saturated heterocycles. The van der Waals surface area contributed by atoms with Gasteiger partial charge in [0.25, 0.3) is 0 Å². The second kappa shape index (κ2) is 8.33. The van der Waals surface area contributed by atoms with Crippen molar-refractivity contribution in [2.45, 2.75) is 75.8 Å². The van der Waals surface area contributed by atoms with E-state index in [0.29, 0.717) is 17.8 Å². The third-order valence-electron chi connectivity index (χ3n) is 8.05. The molecule has 0 amide bonds. The van der Waals surface area contributed by atoms with E-state index in [1.807, 2.05) is 30.3 Å². The smallest absolute Gasteiger partial charge is 0.327 e. The molecule has 9 atom stereocenters. The quantitative estimate of drug-likeness (QED) is 0.451. The molecule has 1 N–H and O–H groups in total. The van der Waals surface area contributed by atoms with Crippen LogP contribution in [0.2, 0.25) is 0 Å². The van der Waals surface area contributed by atoms with Crippen LogP contribution in [0.15, 0.2) is 30.3 Å². The summed E-state index contributed by atoms with van der Waals surface area (Å²) in [5.41, 5.74) is -0.455. The number of aliphatic hydroxyl groups is 1. The molecule has 5 rings (SSSR count).